The molecule has 4 heteroatoms. The van der Waals surface area contributed by atoms with Crippen LogP contribution in [0.15, 0.2) is 54.6 Å². The Hall–Kier alpha value is -2.33. The second kappa shape index (κ2) is 7.31. The third-order valence-electron chi connectivity index (χ3n) is 2.76. The number of ether oxygens (including phenoxy) is 1. The molecule has 0 fully saturated rings. The van der Waals surface area contributed by atoms with Crippen LogP contribution in [0.25, 0.3) is 0 Å². The van der Waals surface area contributed by atoms with E-state index in [2.05, 4.69) is 5.32 Å². The number of para-hydroxylation sites is 1. The van der Waals surface area contributed by atoms with Crippen molar-refractivity contribution < 1.29 is 9.53 Å². The zero-order valence-corrected chi connectivity index (χ0v) is 11.2. The van der Waals surface area contributed by atoms with E-state index in [0.29, 0.717) is 19.5 Å². The van der Waals surface area contributed by atoms with Crippen molar-refractivity contribution in [3.63, 3.8) is 0 Å². The molecule has 0 aliphatic carbocycles. The maximum atomic E-state index is 11.3. The van der Waals surface area contributed by atoms with Gasteiger partial charge >= 0.3 is 0 Å². The van der Waals surface area contributed by atoms with Crippen LogP contribution >= 0.6 is 0 Å². The number of nitrogens with two attached hydrogens (primary N) is 1. The molecule has 0 aliphatic rings. The minimum Gasteiger partial charge on any atom is -0.457 e. The van der Waals surface area contributed by atoms with E-state index in [4.69, 9.17) is 10.5 Å². The summed E-state index contributed by atoms with van der Waals surface area (Å²) in [5.41, 5.74) is 6.34. The Bertz CT molecular complexity index is 538. The van der Waals surface area contributed by atoms with Gasteiger partial charge in [-0.1, -0.05) is 30.3 Å². The summed E-state index contributed by atoms with van der Waals surface area (Å²) >= 11 is 0. The van der Waals surface area contributed by atoms with Gasteiger partial charge in [-0.2, -0.15) is 0 Å². The standard InChI is InChI=1S/C16H18N2O2/c17-11-10-16(19)18-12-13-6-8-15(9-7-13)20-14-4-2-1-3-5-14/h1-9H,10-12,17H2,(H,18,19). The van der Waals surface area contributed by atoms with Crippen molar-refractivity contribution in [3.8, 4) is 11.5 Å². The smallest absolute Gasteiger partial charge is 0.221 e. The number of hydrogen-bond donors (Lipinski definition) is 2. The molecule has 4 nitrogen and oxygen atoms in total. The van der Waals surface area contributed by atoms with E-state index in [1.165, 1.54) is 0 Å². The molecule has 0 spiro atoms. The molecular weight excluding hydrogens is 252 g/mol. The molecule has 20 heavy (non-hydrogen) atoms. The third kappa shape index (κ3) is 4.40. The summed E-state index contributed by atoms with van der Waals surface area (Å²) in [6.45, 7) is 0.875. The topological polar surface area (TPSA) is 64.4 Å². The van der Waals surface area contributed by atoms with E-state index in [1.54, 1.807) is 0 Å². The molecule has 104 valence electrons. The van der Waals surface area contributed by atoms with Gasteiger partial charge in [0.25, 0.3) is 0 Å². The van der Waals surface area contributed by atoms with E-state index < -0.39 is 0 Å². The SMILES string of the molecule is NCCC(=O)NCc1ccc(Oc2ccccc2)cc1. The minimum atomic E-state index is -0.0305. The average molecular weight is 270 g/mol. The Kier molecular flexibility index (Phi) is 5.15. The lowest BCUT2D eigenvalue weighted by Crippen LogP contribution is -2.24. The quantitative estimate of drug-likeness (QED) is 0.847. The van der Waals surface area contributed by atoms with E-state index in [9.17, 15) is 4.79 Å². The molecule has 0 aromatic heterocycles. The lowest BCUT2D eigenvalue weighted by molar-refractivity contribution is -0.121. The van der Waals surface area contributed by atoms with E-state index in [0.717, 1.165) is 17.1 Å². The first-order valence-electron chi connectivity index (χ1n) is 6.56. The van der Waals surface area contributed by atoms with Crippen LogP contribution in [0.1, 0.15) is 12.0 Å². The normalized spacial score (nSPS) is 10.1. The summed E-state index contributed by atoms with van der Waals surface area (Å²) in [6, 6.07) is 17.2. The molecule has 0 saturated carbocycles. The summed E-state index contributed by atoms with van der Waals surface area (Å²) in [5.74, 6) is 1.54. The average Bonchev–Trinajstić information content (AvgIpc) is 2.48. The molecule has 3 N–H and O–H groups in total. The van der Waals surface area contributed by atoms with E-state index >= 15 is 0 Å². The van der Waals surface area contributed by atoms with Crippen LogP contribution in [0, 0.1) is 0 Å². The monoisotopic (exact) mass is 270 g/mol. The third-order valence-corrected chi connectivity index (χ3v) is 2.76. The fraction of sp³-hybridized carbons (Fsp3) is 0.188. The second-order valence-electron chi connectivity index (χ2n) is 4.37. The van der Waals surface area contributed by atoms with Crippen LogP contribution < -0.4 is 15.8 Å². The summed E-state index contributed by atoms with van der Waals surface area (Å²) in [5, 5.41) is 2.81. The lowest BCUT2D eigenvalue weighted by atomic mass is 10.2. The summed E-state index contributed by atoms with van der Waals surface area (Å²) in [4.78, 5) is 11.3. The van der Waals surface area contributed by atoms with E-state index in [1.807, 2.05) is 54.6 Å². The second-order valence-corrected chi connectivity index (χ2v) is 4.37. The van der Waals surface area contributed by atoms with E-state index in [-0.39, 0.29) is 5.91 Å². The van der Waals surface area contributed by atoms with Gasteiger partial charge in [0, 0.05) is 19.5 Å². The molecule has 0 radical (unpaired) electrons. The molecule has 2 aromatic carbocycles. The molecule has 0 atom stereocenters. The van der Waals surface area contributed by atoms with Crippen molar-refractivity contribution in [1.29, 1.82) is 0 Å². The lowest BCUT2D eigenvalue weighted by Gasteiger charge is -2.07. The first kappa shape index (κ1) is 14.1. The Balaban J connectivity index is 1.88. The molecule has 0 aliphatic heterocycles. The predicted molar refractivity (Wildman–Crippen MR) is 78.5 cm³/mol. The highest BCUT2D eigenvalue weighted by atomic mass is 16.5. The molecule has 0 bridgehead atoms. The molecule has 1 amide bonds. The van der Waals surface area contributed by atoms with Gasteiger partial charge in [0.05, 0.1) is 0 Å². The van der Waals surface area contributed by atoms with Gasteiger partial charge in [-0.15, -0.1) is 0 Å². The van der Waals surface area contributed by atoms with Crippen LogP contribution in [0.4, 0.5) is 0 Å². The highest BCUT2D eigenvalue weighted by Crippen LogP contribution is 2.20. The summed E-state index contributed by atoms with van der Waals surface area (Å²) in [7, 11) is 0. The molecule has 0 unspecified atom stereocenters. The van der Waals surface area contributed by atoms with Gasteiger partial charge in [-0.3, -0.25) is 4.79 Å². The van der Waals surface area contributed by atoms with Crippen LogP contribution in [-0.4, -0.2) is 12.5 Å². The van der Waals surface area contributed by atoms with Gasteiger partial charge in [0.15, 0.2) is 0 Å². The van der Waals surface area contributed by atoms with Gasteiger partial charge < -0.3 is 15.8 Å². The van der Waals surface area contributed by atoms with Crippen molar-refractivity contribution in [2.24, 2.45) is 5.73 Å². The van der Waals surface area contributed by atoms with Gasteiger partial charge in [-0.25, -0.2) is 0 Å². The molecular formula is C16H18N2O2. The van der Waals surface area contributed by atoms with Crippen molar-refractivity contribution in [1.82, 2.24) is 5.32 Å². The number of hydrogen-bond acceptors (Lipinski definition) is 3. The number of benzene rings is 2. The number of carbonyl (C=O) groups excluding carboxylic acids is 1. The van der Waals surface area contributed by atoms with Crippen LogP contribution in [0.3, 0.4) is 0 Å². The first-order valence-corrected chi connectivity index (χ1v) is 6.56. The zero-order valence-electron chi connectivity index (χ0n) is 11.2. The largest absolute Gasteiger partial charge is 0.457 e. The van der Waals surface area contributed by atoms with Crippen molar-refractivity contribution in [3.05, 3.63) is 60.2 Å². The van der Waals surface area contributed by atoms with Crippen LogP contribution in [-0.2, 0) is 11.3 Å². The molecule has 0 heterocycles. The van der Waals surface area contributed by atoms with Gasteiger partial charge in [0.2, 0.25) is 5.91 Å². The van der Waals surface area contributed by atoms with Crippen molar-refractivity contribution in [2.75, 3.05) is 6.54 Å². The molecule has 0 saturated heterocycles. The maximum Gasteiger partial charge on any atom is 0.221 e. The predicted octanol–water partition coefficient (Wildman–Crippen LogP) is 2.44. The Morgan fingerprint density at radius 1 is 1.00 bits per heavy atom. The highest BCUT2D eigenvalue weighted by molar-refractivity contribution is 5.76. The van der Waals surface area contributed by atoms with Crippen molar-refractivity contribution in [2.45, 2.75) is 13.0 Å². The van der Waals surface area contributed by atoms with Gasteiger partial charge in [0.1, 0.15) is 11.5 Å². The summed E-state index contributed by atoms with van der Waals surface area (Å²) in [6.07, 6.45) is 0.356. The minimum absolute atomic E-state index is 0.0305. The Labute approximate surface area is 118 Å². The number of carbonyl (C=O) groups is 1. The highest BCUT2D eigenvalue weighted by Gasteiger charge is 2.00. The van der Waals surface area contributed by atoms with Crippen LogP contribution in [0.2, 0.25) is 0 Å². The summed E-state index contributed by atoms with van der Waals surface area (Å²) < 4.78 is 5.69. The fourth-order valence-electron chi connectivity index (χ4n) is 1.72. The molecule has 2 rings (SSSR count). The Morgan fingerprint density at radius 2 is 1.65 bits per heavy atom. The first-order chi connectivity index (χ1) is 9.78. The van der Waals surface area contributed by atoms with Gasteiger partial charge in [-0.05, 0) is 29.8 Å². The molecule has 2 aromatic rings. The Morgan fingerprint density at radius 3 is 2.30 bits per heavy atom. The number of nitrogens with one attached hydrogen (secondary N) is 1. The zero-order chi connectivity index (χ0) is 14.2. The maximum absolute atomic E-state index is 11.3. The number of rotatable bonds is 6. The van der Waals surface area contributed by atoms with Crippen LogP contribution in [0.5, 0.6) is 11.5 Å². The number of amides is 1. The fourth-order valence-corrected chi connectivity index (χ4v) is 1.72. The van der Waals surface area contributed by atoms with Crippen molar-refractivity contribution >= 4 is 5.91 Å².